The minimum absolute atomic E-state index is 0.107. The Morgan fingerprint density at radius 3 is 2.71 bits per heavy atom. The van der Waals surface area contributed by atoms with Crippen molar-refractivity contribution in [3.63, 3.8) is 0 Å². The molecule has 3 N–H and O–H groups in total. The number of rotatable bonds is 3. The van der Waals surface area contributed by atoms with E-state index in [1.54, 1.807) is 12.1 Å². The van der Waals surface area contributed by atoms with Crippen LogP contribution in [-0.2, 0) is 5.54 Å². The molecule has 6 nitrogen and oxygen atoms in total. The second-order valence-electron chi connectivity index (χ2n) is 4.33. The monoisotopic (exact) mass is 238 g/mol. The van der Waals surface area contributed by atoms with Gasteiger partial charge in [-0.3, -0.25) is 10.1 Å². The molecule has 0 radical (unpaired) electrons. The third-order valence-electron chi connectivity index (χ3n) is 3.14. The molecule has 0 atom stereocenters. The van der Waals surface area contributed by atoms with Crippen LogP contribution in [0.3, 0.4) is 0 Å². The van der Waals surface area contributed by atoms with E-state index in [0.29, 0.717) is 18.4 Å². The number of aliphatic hydroxyl groups is 1. The molecule has 0 amide bonds. The summed E-state index contributed by atoms with van der Waals surface area (Å²) in [6.07, 6.45) is 0.188. The summed E-state index contributed by atoms with van der Waals surface area (Å²) in [5.41, 5.74) is 5.55. The third-order valence-corrected chi connectivity index (χ3v) is 3.14. The fourth-order valence-electron chi connectivity index (χ4n) is 2.28. The van der Waals surface area contributed by atoms with Crippen LogP contribution in [-0.4, -0.2) is 23.2 Å². The fourth-order valence-corrected chi connectivity index (χ4v) is 2.28. The van der Waals surface area contributed by atoms with Crippen molar-refractivity contribution >= 4 is 5.69 Å². The van der Waals surface area contributed by atoms with Crippen LogP contribution in [0.15, 0.2) is 18.2 Å². The van der Waals surface area contributed by atoms with Gasteiger partial charge >= 0.3 is 5.69 Å². The van der Waals surface area contributed by atoms with Gasteiger partial charge < -0.3 is 15.6 Å². The Labute approximate surface area is 98.2 Å². The number of benzene rings is 1. The van der Waals surface area contributed by atoms with E-state index < -0.39 is 16.6 Å². The van der Waals surface area contributed by atoms with Crippen LogP contribution in [0.4, 0.5) is 5.69 Å². The average molecular weight is 238 g/mol. The van der Waals surface area contributed by atoms with E-state index in [-0.39, 0.29) is 11.4 Å². The molecule has 17 heavy (non-hydrogen) atoms. The van der Waals surface area contributed by atoms with Gasteiger partial charge in [0.25, 0.3) is 0 Å². The molecule has 1 aromatic rings. The lowest BCUT2D eigenvalue weighted by Crippen LogP contribution is -2.51. The first-order valence-electron chi connectivity index (χ1n) is 5.27. The summed E-state index contributed by atoms with van der Waals surface area (Å²) in [6.45, 7) is 0. The van der Waals surface area contributed by atoms with Crippen LogP contribution >= 0.6 is 0 Å². The quantitative estimate of drug-likeness (QED) is 0.602. The van der Waals surface area contributed by atoms with Gasteiger partial charge in [0, 0.05) is 0 Å². The Bertz CT molecular complexity index is 455. The van der Waals surface area contributed by atoms with Crippen molar-refractivity contribution < 1.29 is 14.8 Å². The number of nitro groups is 1. The maximum absolute atomic E-state index is 11.1. The number of para-hydroxylation sites is 1. The number of ether oxygens (including phenoxy) is 1. The lowest BCUT2D eigenvalue weighted by atomic mass is 9.70. The van der Waals surface area contributed by atoms with Crippen LogP contribution in [0.5, 0.6) is 5.75 Å². The van der Waals surface area contributed by atoms with Crippen LogP contribution in [0.25, 0.3) is 0 Å². The zero-order chi connectivity index (χ0) is 12.6. The van der Waals surface area contributed by atoms with Crippen molar-refractivity contribution in [3.8, 4) is 5.75 Å². The lowest BCUT2D eigenvalue weighted by molar-refractivity contribution is -0.387. The summed E-state index contributed by atoms with van der Waals surface area (Å²) in [7, 11) is 1.38. The number of hydrogen-bond acceptors (Lipinski definition) is 5. The minimum Gasteiger partial charge on any atom is -0.490 e. The second kappa shape index (κ2) is 3.97. The molecule has 1 saturated carbocycles. The van der Waals surface area contributed by atoms with Gasteiger partial charge in [-0.1, -0.05) is 12.1 Å². The number of aliphatic hydroxyl groups excluding tert-OH is 1. The van der Waals surface area contributed by atoms with Crippen LogP contribution in [0, 0.1) is 10.1 Å². The highest BCUT2D eigenvalue weighted by Gasteiger charge is 2.46. The predicted molar refractivity (Wildman–Crippen MR) is 60.8 cm³/mol. The Hall–Kier alpha value is -1.66. The molecule has 0 aliphatic heterocycles. The molecule has 2 rings (SSSR count). The fraction of sp³-hybridized carbons (Fsp3) is 0.455. The van der Waals surface area contributed by atoms with Crippen molar-refractivity contribution in [3.05, 3.63) is 33.9 Å². The highest BCUT2D eigenvalue weighted by atomic mass is 16.6. The van der Waals surface area contributed by atoms with E-state index in [0.717, 1.165) is 0 Å². The highest BCUT2D eigenvalue weighted by Crippen LogP contribution is 2.45. The van der Waals surface area contributed by atoms with Crippen molar-refractivity contribution in [2.45, 2.75) is 24.5 Å². The third kappa shape index (κ3) is 1.85. The Balaban J connectivity index is 2.50. The smallest absolute Gasteiger partial charge is 0.315 e. The standard InChI is InChI=1S/C11H14N2O4/c1-17-9-4-2-3-8(10(9)13(15)16)11(12)5-7(14)6-11/h2-4,7,14H,5-6,12H2,1H3. The second-order valence-corrected chi connectivity index (χ2v) is 4.33. The minimum atomic E-state index is -0.823. The number of nitro benzene ring substituents is 1. The summed E-state index contributed by atoms with van der Waals surface area (Å²) in [6, 6.07) is 4.81. The predicted octanol–water partition coefficient (Wildman–Crippen LogP) is 0.912. The first kappa shape index (κ1) is 11.8. The van der Waals surface area contributed by atoms with Gasteiger partial charge in [0.1, 0.15) is 0 Å². The maximum atomic E-state index is 11.1. The molecule has 6 heteroatoms. The Morgan fingerprint density at radius 2 is 2.24 bits per heavy atom. The summed E-state index contributed by atoms with van der Waals surface area (Å²) in [5.74, 6) is 0.193. The first-order valence-corrected chi connectivity index (χ1v) is 5.27. The number of hydrogen-bond donors (Lipinski definition) is 2. The average Bonchev–Trinajstić information content (AvgIpc) is 2.25. The Kier molecular flexibility index (Phi) is 2.76. The van der Waals surface area contributed by atoms with Gasteiger partial charge in [0.15, 0.2) is 5.75 Å². The molecule has 0 spiro atoms. The first-order chi connectivity index (χ1) is 7.98. The SMILES string of the molecule is COc1cccc(C2(N)CC(O)C2)c1[N+](=O)[O-]. The molecule has 1 aromatic carbocycles. The topological polar surface area (TPSA) is 98.6 Å². The highest BCUT2D eigenvalue weighted by molar-refractivity contribution is 5.56. The summed E-state index contributed by atoms with van der Waals surface area (Å²) in [5, 5.41) is 20.4. The molecule has 1 fully saturated rings. The summed E-state index contributed by atoms with van der Waals surface area (Å²) >= 11 is 0. The molecule has 0 aromatic heterocycles. The number of methoxy groups -OCH3 is 1. The molecule has 0 unspecified atom stereocenters. The van der Waals surface area contributed by atoms with E-state index in [2.05, 4.69) is 0 Å². The van der Waals surface area contributed by atoms with Crippen LogP contribution < -0.4 is 10.5 Å². The summed E-state index contributed by atoms with van der Waals surface area (Å²) in [4.78, 5) is 10.6. The van der Waals surface area contributed by atoms with Gasteiger partial charge in [0.05, 0.1) is 29.2 Å². The van der Waals surface area contributed by atoms with E-state index in [4.69, 9.17) is 10.5 Å². The zero-order valence-corrected chi connectivity index (χ0v) is 9.42. The van der Waals surface area contributed by atoms with E-state index in [1.807, 2.05) is 0 Å². The van der Waals surface area contributed by atoms with Gasteiger partial charge in [-0.2, -0.15) is 0 Å². The largest absolute Gasteiger partial charge is 0.490 e. The molecule has 0 bridgehead atoms. The van der Waals surface area contributed by atoms with E-state index >= 15 is 0 Å². The molecule has 0 saturated heterocycles. The number of nitrogens with two attached hydrogens (primary N) is 1. The number of nitrogens with zero attached hydrogens (tertiary/aromatic N) is 1. The molecular formula is C11H14N2O4. The zero-order valence-electron chi connectivity index (χ0n) is 9.42. The molecule has 1 aliphatic carbocycles. The molecule has 1 aliphatic rings. The van der Waals surface area contributed by atoms with Gasteiger partial charge in [-0.05, 0) is 18.9 Å². The lowest BCUT2D eigenvalue weighted by Gasteiger charge is -2.42. The van der Waals surface area contributed by atoms with Crippen molar-refractivity contribution in [1.29, 1.82) is 0 Å². The maximum Gasteiger partial charge on any atom is 0.315 e. The van der Waals surface area contributed by atoms with Crippen LogP contribution in [0.1, 0.15) is 18.4 Å². The van der Waals surface area contributed by atoms with Crippen molar-refractivity contribution in [2.24, 2.45) is 5.73 Å². The van der Waals surface area contributed by atoms with Crippen LogP contribution in [0.2, 0.25) is 0 Å². The van der Waals surface area contributed by atoms with Gasteiger partial charge in [0.2, 0.25) is 0 Å². The normalized spacial score (nSPS) is 27.4. The van der Waals surface area contributed by atoms with Gasteiger partial charge in [-0.25, -0.2) is 0 Å². The van der Waals surface area contributed by atoms with E-state index in [9.17, 15) is 15.2 Å². The Morgan fingerprint density at radius 1 is 1.59 bits per heavy atom. The van der Waals surface area contributed by atoms with Crippen molar-refractivity contribution in [1.82, 2.24) is 0 Å². The summed E-state index contributed by atoms with van der Waals surface area (Å²) < 4.78 is 4.98. The van der Waals surface area contributed by atoms with E-state index in [1.165, 1.54) is 13.2 Å². The van der Waals surface area contributed by atoms with Gasteiger partial charge in [-0.15, -0.1) is 0 Å². The molecular weight excluding hydrogens is 224 g/mol. The van der Waals surface area contributed by atoms with Crippen molar-refractivity contribution in [2.75, 3.05) is 7.11 Å². The molecule has 92 valence electrons. The molecule has 0 heterocycles.